The summed E-state index contributed by atoms with van der Waals surface area (Å²) in [5.41, 5.74) is 9.73. The highest BCUT2D eigenvalue weighted by Gasteiger charge is 2.05. The van der Waals surface area contributed by atoms with Gasteiger partial charge in [0.05, 0.1) is 11.2 Å². The Bertz CT molecular complexity index is 541. The van der Waals surface area contributed by atoms with E-state index in [9.17, 15) is 0 Å². The maximum absolute atomic E-state index is 5.76. The van der Waals surface area contributed by atoms with Gasteiger partial charge in [-0.3, -0.25) is 4.90 Å². The molecular weight excluding hydrogens is 270 g/mol. The van der Waals surface area contributed by atoms with Crippen LogP contribution < -0.4 is 10.5 Å². The van der Waals surface area contributed by atoms with Crippen molar-refractivity contribution >= 4 is 11.3 Å². The predicted octanol–water partition coefficient (Wildman–Crippen LogP) is 2.42. The molecule has 0 fully saturated rings. The zero-order chi connectivity index (χ0) is 14.4. The molecule has 1 heterocycles. The molecule has 1 aromatic carbocycles. The number of hydrogen-bond acceptors (Lipinski definition) is 5. The zero-order valence-corrected chi connectivity index (χ0v) is 12.8. The van der Waals surface area contributed by atoms with Crippen LogP contribution >= 0.6 is 11.3 Å². The molecule has 0 spiro atoms. The first-order valence-corrected chi connectivity index (χ1v) is 7.56. The number of nitrogens with zero attached hydrogens (tertiary/aromatic N) is 2. The lowest BCUT2D eigenvalue weighted by atomic mass is 10.2. The van der Waals surface area contributed by atoms with Crippen LogP contribution in [0, 0.1) is 6.92 Å². The molecule has 4 nitrogen and oxygen atoms in total. The van der Waals surface area contributed by atoms with Crippen LogP contribution in [0.25, 0.3) is 0 Å². The van der Waals surface area contributed by atoms with Gasteiger partial charge in [0.15, 0.2) is 0 Å². The van der Waals surface area contributed by atoms with Gasteiger partial charge in [-0.25, -0.2) is 4.98 Å². The Morgan fingerprint density at radius 3 is 2.95 bits per heavy atom. The van der Waals surface area contributed by atoms with E-state index in [1.807, 2.05) is 29.8 Å². The lowest BCUT2D eigenvalue weighted by molar-refractivity contribution is 0.233. The normalized spacial score (nSPS) is 11.0. The topological polar surface area (TPSA) is 51.4 Å². The van der Waals surface area contributed by atoms with E-state index in [0.717, 1.165) is 30.1 Å². The molecule has 20 heavy (non-hydrogen) atoms. The minimum atomic E-state index is 0.543. The van der Waals surface area contributed by atoms with Crippen molar-refractivity contribution in [3.05, 3.63) is 45.9 Å². The van der Waals surface area contributed by atoms with Gasteiger partial charge in [-0.05, 0) is 31.7 Å². The molecule has 2 aromatic rings. The summed E-state index contributed by atoms with van der Waals surface area (Å²) in [4.78, 5) is 7.83. The number of thiazole rings is 1. The highest BCUT2D eigenvalue weighted by Crippen LogP contribution is 2.15. The van der Waals surface area contributed by atoms with E-state index < -0.39 is 0 Å². The standard InChI is InChI=1S/C15H21N3OS/c1-12-15(20-11-17-12)10-18(2)6-7-19-14-5-3-4-13(8-14)9-16/h3-5,8,11H,6-7,9-10,16H2,1-2H3. The molecule has 2 N–H and O–H groups in total. The van der Waals surface area contributed by atoms with Crippen molar-refractivity contribution < 1.29 is 4.74 Å². The van der Waals surface area contributed by atoms with Crippen LogP contribution in [0.15, 0.2) is 29.8 Å². The van der Waals surface area contributed by atoms with Gasteiger partial charge in [0.25, 0.3) is 0 Å². The van der Waals surface area contributed by atoms with Gasteiger partial charge >= 0.3 is 0 Å². The van der Waals surface area contributed by atoms with Crippen molar-refractivity contribution in [1.29, 1.82) is 0 Å². The molecule has 0 saturated carbocycles. The number of ether oxygens (including phenoxy) is 1. The molecule has 0 atom stereocenters. The van der Waals surface area contributed by atoms with E-state index in [1.165, 1.54) is 4.88 Å². The summed E-state index contributed by atoms with van der Waals surface area (Å²) < 4.78 is 5.76. The first-order chi connectivity index (χ1) is 9.69. The van der Waals surface area contributed by atoms with Gasteiger partial charge in [-0.15, -0.1) is 11.3 Å². The minimum Gasteiger partial charge on any atom is -0.492 e. The fraction of sp³-hybridized carbons (Fsp3) is 0.400. The van der Waals surface area contributed by atoms with Crippen LogP contribution in [-0.4, -0.2) is 30.1 Å². The van der Waals surface area contributed by atoms with Crippen LogP contribution in [-0.2, 0) is 13.1 Å². The fourth-order valence-electron chi connectivity index (χ4n) is 1.88. The van der Waals surface area contributed by atoms with Crippen LogP contribution in [0.3, 0.4) is 0 Å². The van der Waals surface area contributed by atoms with Gasteiger partial charge in [-0.1, -0.05) is 12.1 Å². The molecule has 0 aliphatic rings. The Kier molecular flexibility index (Phi) is 5.52. The Labute approximate surface area is 124 Å². The van der Waals surface area contributed by atoms with E-state index in [1.54, 1.807) is 11.3 Å². The molecular formula is C15H21N3OS. The van der Waals surface area contributed by atoms with Gasteiger partial charge in [0, 0.05) is 24.5 Å². The average molecular weight is 291 g/mol. The third kappa shape index (κ3) is 4.30. The number of likely N-dealkylation sites (N-methyl/N-ethyl adjacent to an activating group) is 1. The van der Waals surface area contributed by atoms with Crippen LogP contribution in [0.5, 0.6) is 5.75 Å². The number of nitrogens with two attached hydrogens (primary N) is 1. The smallest absolute Gasteiger partial charge is 0.119 e. The van der Waals surface area contributed by atoms with Gasteiger partial charge in [0.1, 0.15) is 12.4 Å². The van der Waals surface area contributed by atoms with E-state index in [4.69, 9.17) is 10.5 Å². The molecule has 1 aromatic heterocycles. The van der Waals surface area contributed by atoms with E-state index in [-0.39, 0.29) is 0 Å². The quantitative estimate of drug-likeness (QED) is 0.851. The summed E-state index contributed by atoms with van der Waals surface area (Å²) in [6, 6.07) is 7.94. The number of hydrogen-bond donors (Lipinski definition) is 1. The maximum atomic E-state index is 5.76. The first-order valence-electron chi connectivity index (χ1n) is 6.68. The molecule has 108 valence electrons. The lowest BCUT2D eigenvalue weighted by Gasteiger charge is -2.16. The Morgan fingerprint density at radius 1 is 1.40 bits per heavy atom. The van der Waals surface area contributed by atoms with Crippen molar-refractivity contribution in [3.63, 3.8) is 0 Å². The zero-order valence-electron chi connectivity index (χ0n) is 12.0. The Balaban J connectivity index is 1.76. The summed E-state index contributed by atoms with van der Waals surface area (Å²) in [6.07, 6.45) is 0. The van der Waals surface area contributed by atoms with Gasteiger partial charge in [0.2, 0.25) is 0 Å². The molecule has 0 aliphatic heterocycles. The van der Waals surface area contributed by atoms with Crippen molar-refractivity contribution in [3.8, 4) is 5.75 Å². The fourth-order valence-corrected chi connectivity index (χ4v) is 2.74. The minimum absolute atomic E-state index is 0.543. The van der Waals surface area contributed by atoms with Crippen LogP contribution in [0.1, 0.15) is 16.1 Å². The van der Waals surface area contributed by atoms with Crippen LogP contribution in [0.2, 0.25) is 0 Å². The summed E-state index contributed by atoms with van der Waals surface area (Å²) in [5, 5.41) is 0. The molecule has 0 radical (unpaired) electrons. The Hall–Kier alpha value is -1.43. The Morgan fingerprint density at radius 2 is 2.25 bits per heavy atom. The highest BCUT2D eigenvalue weighted by atomic mass is 32.1. The van der Waals surface area contributed by atoms with Crippen molar-refractivity contribution in [1.82, 2.24) is 9.88 Å². The largest absolute Gasteiger partial charge is 0.492 e. The molecule has 2 rings (SSSR count). The summed E-state index contributed by atoms with van der Waals surface area (Å²) in [7, 11) is 2.10. The number of rotatable bonds is 7. The predicted molar refractivity (Wildman–Crippen MR) is 83.0 cm³/mol. The second-order valence-corrected chi connectivity index (χ2v) is 5.74. The van der Waals surface area contributed by atoms with Crippen molar-refractivity contribution in [2.24, 2.45) is 5.73 Å². The molecule has 0 unspecified atom stereocenters. The molecule has 0 aliphatic carbocycles. The van der Waals surface area contributed by atoms with Gasteiger partial charge in [-0.2, -0.15) is 0 Å². The lowest BCUT2D eigenvalue weighted by Crippen LogP contribution is -2.23. The van der Waals surface area contributed by atoms with E-state index >= 15 is 0 Å². The summed E-state index contributed by atoms with van der Waals surface area (Å²) in [6.45, 7) is 5.06. The molecule has 5 heteroatoms. The highest BCUT2D eigenvalue weighted by molar-refractivity contribution is 7.09. The third-order valence-electron chi connectivity index (χ3n) is 3.13. The average Bonchev–Trinajstić information content (AvgIpc) is 2.84. The summed E-state index contributed by atoms with van der Waals surface area (Å²) >= 11 is 1.71. The molecule has 0 bridgehead atoms. The number of aryl methyl sites for hydroxylation is 1. The van der Waals surface area contributed by atoms with Gasteiger partial charge < -0.3 is 10.5 Å². The monoisotopic (exact) mass is 291 g/mol. The second-order valence-electron chi connectivity index (χ2n) is 4.80. The van der Waals surface area contributed by atoms with Crippen LogP contribution in [0.4, 0.5) is 0 Å². The van der Waals surface area contributed by atoms with E-state index in [2.05, 4.69) is 23.9 Å². The molecule has 0 amide bonds. The SMILES string of the molecule is Cc1ncsc1CN(C)CCOc1cccc(CN)c1. The third-order valence-corrected chi connectivity index (χ3v) is 4.05. The maximum Gasteiger partial charge on any atom is 0.119 e. The molecule has 0 saturated heterocycles. The van der Waals surface area contributed by atoms with Crippen molar-refractivity contribution in [2.45, 2.75) is 20.0 Å². The van der Waals surface area contributed by atoms with Crippen molar-refractivity contribution in [2.75, 3.05) is 20.2 Å². The summed E-state index contributed by atoms with van der Waals surface area (Å²) in [5.74, 6) is 0.885. The van der Waals surface area contributed by atoms with E-state index in [0.29, 0.717) is 13.2 Å². The second kappa shape index (κ2) is 7.38. The first kappa shape index (κ1) is 15.0. The number of aromatic nitrogens is 1. The number of benzene rings is 1.